The maximum Gasteiger partial charge on any atom is 0.337 e. The first-order valence-corrected chi connectivity index (χ1v) is 7.51. The molecule has 1 aromatic rings. The minimum Gasteiger partial charge on any atom is -0.465 e. The number of carbonyl (C=O) groups is 1. The molecule has 1 aliphatic carbocycles. The molecule has 112 valence electrons. The maximum atomic E-state index is 11.6. The lowest BCUT2D eigenvalue weighted by Crippen LogP contribution is -2.18. The van der Waals surface area contributed by atoms with E-state index >= 15 is 0 Å². The van der Waals surface area contributed by atoms with Crippen LogP contribution < -0.4 is 0 Å². The fraction of sp³-hybridized carbons (Fsp3) is 0.421. The Bertz CT molecular complexity index is 591. The summed E-state index contributed by atoms with van der Waals surface area (Å²) in [5.74, 6) is -0.293. The van der Waals surface area contributed by atoms with Gasteiger partial charge in [0.2, 0.25) is 0 Å². The molecule has 0 saturated carbocycles. The van der Waals surface area contributed by atoms with Crippen molar-refractivity contribution in [3.63, 3.8) is 0 Å². The van der Waals surface area contributed by atoms with Crippen LogP contribution in [0.25, 0.3) is 6.08 Å². The van der Waals surface area contributed by atoms with Crippen LogP contribution in [0.3, 0.4) is 0 Å². The van der Waals surface area contributed by atoms with E-state index in [1.165, 1.54) is 37.5 Å². The van der Waals surface area contributed by atoms with Crippen LogP contribution in [0.2, 0.25) is 0 Å². The minimum atomic E-state index is -0.293. The quantitative estimate of drug-likeness (QED) is 0.729. The van der Waals surface area contributed by atoms with Crippen LogP contribution in [0.4, 0.5) is 0 Å². The van der Waals surface area contributed by atoms with Gasteiger partial charge in [-0.05, 0) is 54.9 Å². The van der Waals surface area contributed by atoms with Gasteiger partial charge in [0.15, 0.2) is 0 Å². The van der Waals surface area contributed by atoms with Crippen molar-refractivity contribution in [2.75, 3.05) is 7.11 Å². The fourth-order valence-electron chi connectivity index (χ4n) is 3.08. The third-order valence-corrected chi connectivity index (χ3v) is 4.29. The van der Waals surface area contributed by atoms with E-state index in [4.69, 9.17) is 4.74 Å². The van der Waals surface area contributed by atoms with Crippen molar-refractivity contribution in [1.82, 2.24) is 0 Å². The Kier molecular flexibility index (Phi) is 4.66. The zero-order valence-corrected chi connectivity index (χ0v) is 13.4. The Morgan fingerprint density at radius 2 is 2.05 bits per heavy atom. The van der Waals surface area contributed by atoms with E-state index in [2.05, 4.69) is 32.9 Å². The van der Waals surface area contributed by atoms with Crippen molar-refractivity contribution in [1.29, 1.82) is 0 Å². The number of allylic oxidation sites excluding steroid dienone is 3. The summed E-state index contributed by atoms with van der Waals surface area (Å²) in [5.41, 5.74) is 4.76. The molecule has 2 heteroatoms. The molecule has 1 aliphatic rings. The zero-order chi connectivity index (χ0) is 15.5. The Balaban J connectivity index is 2.27. The third-order valence-electron chi connectivity index (χ3n) is 4.29. The van der Waals surface area contributed by atoms with Gasteiger partial charge in [-0.15, -0.1) is 0 Å². The molecule has 0 aromatic heterocycles. The van der Waals surface area contributed by atoms with Gasteiger partial charge in [0.1, 0.15) is 0 Å². The van der Waals surface area contributed by atoms with Gasteiger partial charge in [-0.3, -0.25) is 0 Å². The molecular formula is C19H24O2. The SMILES string of the molecule is COC(=O)c1cccc(C=CC2=C(C)CCCC2(C)C)c1. The Hall–Kier alpha value is -1.83. The van der Waals surface area contributed by atoms with Crippen molar-refractivity contribution < 1.29 is 9.53 Å². The van der Waals surface area contributed by atoms with Crippen molar-refractivity contribution in [2.24, 2.45) is 5.41 Å². The molecule has 0 spiro atoms. The number of benzene rings is 1. The number of rotatable bonds is 3. The summed E-state index contributed by atoms with van der Waals surface area (Å²) in [4.78, 5) is 11.6. The summed E-state index contributed by atoms with van der Waals surface area (Å²) in [7, 11) is 1.41. The van der Waals surface area contributed by atoms with E-state index in [0.717, 1.165) is 5.56 Å². The van der Waals surface area contributed by atoms with E-state index in [1.54, 1.807) is 6.07 Å². The molecule has 0 fully saturated rings. The number of hydrogen-bond acceptors (Lipinski definition) is 2. The van der Waals surface area contributed by atoms with Crippen LogP contribution in [-0.4, -0.2) is 13.1 Å². The van der Waals surface area contributed by atoms with E-state index in [9.17, 15) is 4.79 Å². The van der Waals surface area contributed by atoms with Gasteiger partial charge < -0.3 is 4.74 Å². The standard InChI is InChI=1S/C19H24O2/c1-14-7-6-12-19(2,3)17(14)11-10-15-8-5-9-16(13-15)18(20)21-4/h5,8-11,13H,6-7,12H2,1-4H3. The van der Waals surface area contributed by atoms with Gasteiger partial charge >= 0.3 is 5.97 Å². The fourth-order valence-corrected chi connectivity index (χ4v) is 3.08. The minimum absolute atomic E-state index is 0.235. The van der Waals surface area contributed by atoms with Gasteiger partial charge in [0.25, 0.3) is 0 Å². The number of hydrogen-bond donors (Lipinski definition) is 0. The number of ether oxygens (including phenoxy) is 1. The highest BCUT2D eigenvalue weighted by Gasteiger charge is 2.26. The molecular weight excluding hydrogens is 260 g/mol. The summed E-state index contributed by atoms with van der Waals surface area (Å²) in [6, 6.07) is 7.54. The highest BCUT2D eigenvalue weighted by Crippen LogP contribution is 2.40. The van der Waals surface area contributed by atoms with Crippen molar-refractivity contribution in [3.8, 4) is 0 Å². The third kappa shape index (κ3) is 3.63. The molecule has 1 aromatic carbocycles. The molecule has 0 atom stereocenters. The van der Waals surface area contributed by atoms with Gasteiger partial charge in [0, 0.05) is 0 Å². The highest BCUT2D eigenvalue weighted by atomic mass is 16.5. The summed E-state index contributed by atoms with van der Waals surface area (Å²) in [5, 5.41) is 0. The molecule has 0 aliphatic heterocycles. The molecule has 0 radical (unpaired) electrons. The Morgan fingerprint density at radius 1 is 1.29 bits per heavy atom. The predicted octanol–water partition coefficient (Wildman–Crippen LogP) is 5.01. The Labute approximate surface area is 127 Å². The summed E-state index contributed by atoms with van der Waals surface area (Å²) in [6.45, 7) is 6.84. The van der Waals surface area contributed by atoms with Crippen molar-refractivity contribution >= 4 is 12.0 Å². The maximum absolute atomic E-state index is 11.6. The summed E-state index contributed by atoms with van der Waals surface area (Å²) >= 11 is 0. The molecule has 0 N–H and O–H groups in total. The topological polar surface area (TPSA) is 26.3 Å². The lowest BCUT2D eigenvalue weighted by Gasteiger charge is -2.32. The van der Waals surface area contributed by atoms with Crippen LogP contribution in [0.1, 0.15) is 56.0 Å². The van der Waals surface area contributed by atoms with E-state index in [0.29, 0.717) is 5.56 Å². The Morgan fingerprint density at radius 3 is 2.71 bits per heavy atom. The molecule has 0 amide bonds. The second-order valence-electron chi connectivity index (χ2n) is 6.38. The zero-order valence-electron chi connectivity index (χ0n) is 13.4. The molecule has 0 saturated heterocycles. The van der Waals surface area contributed by atoms with E-state index < -0.39 is 0 Å². The molecule has 21 heavy (non-hydrogen) atoms. The summed E-state index contributed by atoms with van der Waals surface area (Å²) in [6.07, 6.45) is 7.99. The van der Waals surface area contributed by atoms with Crippen LogP contribution in [0, 0.1) is 5.41 Å². The molecule has 0 heterocycles. The van der Waals surface area contributed by atoms with Crippen LogP contribution in [0.15, 0.2) is 41.5 Å². The second-order valence-corrected chi connectivity index (χ2v) is 6.38. The monoisotopic (exact) mass is 284 g/mol. The van der Waals surface area contributed by atoms with Gasteiger partial charge in [-0.25, -0.2) is 4.79 Å². The first kappa shape index (κ1) is 15.6. The molecule has 2 nitrogen and oxygen atoms in total. The largest absolute Gasteiger partial charge is 0.465 e. The van der Waals surface area contributed by atoms with Gasteiger partial charge in [0.05, 0.1) is 12.7 Å². The smallest absolute Gasteiger partial charge is 0.337 e. The van der Waals surface area contributed by atoms with Gasteiger partial charge in [-0.1, -0.05) is 43.7 Å². The molecule has 2 rings (SSSR count). The van der Waals surface area contributed by atoms with Crippen molar-refractivity contribution in [3.05, 3.63) is 52.6 Å². The van der Waals surface area contributed by atoms with Crippen molar-refractivity contribution in [2.45, 2.75) is 40.0 Å². The number of methoxy groups -OCH3 is 1. The highest BCUT2D eigenvalue weighted by molar-refractivity contribution is 5.90. The summed E-state index contributed by atoms with van der Waals surface area (Å²) < 4.78 is 4.76. The van der Waals surface area contributed by atoms with E-state index in [1.807, 2.05) is 18.2 Å². The average molecular weight is 284 g/mol. The number of carbonyl (C=O) groups excluding carboxylic acids is 1. The lowest BCUT2D eigenvalue weighted by atomic mass is 9.72. The molecule has 0 unspecified atom stereocenters. The average Bonchev–Trinajstić information content (AvgIpc) is 2.45. The number of esters is 1. The van der Waals surface area contributed by atoms with Crippen LogP contribution in [-0.2, 0) is 4.74 Å². The predicted molar refractivity (Wildman–Crippen MR) is 87.1 cm³/mol. The second kappa shape index (κ2) is 6.30. The van der Waals surface area contributed by atoms with E-state index in [-0.39, 0.29) is 11.4 Å². The van der Waals surface area contributed by atoms with Crippen LogP contribution in [0.5, 0.6) is 0 Å². The van der Waals surface area contributed by atoms with Crippen LogP contribution >= 0.6 is 0 Å². The first-order chi connectivity index (χ1) is 9.94. The normalized spacial score (nSPS) is 18.1. The lowest BCUT2D eigenvalue weighted by molar-refractivity contribution is 0.0600. The van der Waals surface area contributed by atoms with Gasteiger partial charge in [-0.2, -0.15) is 0 Å². The molecule has 0 bridgehead atoms. The first-order valence-electron chi connectivity index (χ1n) is 7.51.